The summed E-state index contributed by atoms with van der Waals surface area (Å²) in [5.74, 6) is -1.73. The summed E-state index contributed by atoms with van der Waals surface area (Å²) in [6, 6.07) is 7.45. The van der Waals surface area contributed by atoms with Crippen molar-refractivity contribution in [1.29, 1.82) is 0 Å². The minimum atomic E-state index is -0.867. The first-order valence-electron chi connectivity index (χ1n) is 6.86. The van der Waals surface area contributed by atoms with Gasteiger partial charge < -0.3 is 14.7 Å². The Hall–Kier alpha value is -1.88. The zero-order chi connectivity index (χ0) is 14.1. The van der Waals surface area contributed by atoms with Crippen LogP contribution in [0.2, 0.25) is 0 Å². The quantitative estimate of drug-likeness (QED) is 0.842. The smallest absolute Gasteiger partial charge is 0.307 e. The van der Waals surface area contributed by atoms with Crippen LogP contribution in [0, 0.1) is 11.8 Å². The van der Waals surface area contributed by atoms with E-state index in [1.165, 1.54) is 0 Å². The molecular formula is C15H17NO4. The van der Waals surface area contributed by atoms with Gasteiger partial charge in [0, 0.05) is 30.3 Å². The molecule has 0 spiro atoms. The molecule has 1 saturated heterocycles. The van der Waals surface area contributed by atoms with Crippen LogP contribution >= 0.6 is 0 Å². The summed E-state index contributed by atoms with van der Waals surface area (Å²) in [7, 11) is 0. The molecule has 0 aromatic heterocycles. The third-order valence-electron chi connectivity index (χ3n) is 3.97. The molecular weight excluding hydrogens is 258 g/mol. The molecule has 20 heavy (non-hydrogen) atoms. The number of carboxylic acid groups (broad SMARTS) is 1. The van der Waals surface area contributed by atoms with Gasteiger partial charge in [-0.3, -0.25) is 9.59 Å². The standard InChI is InChI=1S/C15H17NO4/c17-14(12-9-13(12)15(18)19)10-1-3-11(4-2-10)16-5-7-20-8-6-16/h1-4,12-13H,5-9H2,(H,18,19). The van der Waals surface area contributed by atoms with Gasteiger partial charge in [0.2, 0.25) is 0 Å². The molecule has 0 bridgehead atoms. The van der Waals surface area contributed by atoms with E-state index in [2.05, 4.69) is 4.90 Å². The van der Waals surface area contributed by atoms with Crippen LogP contribution in [0.1, 0.15) is 16.8 Å². The van der Waals surface area contributed by atoms with Crippen LogP contribution < -0.4 is 4.90 Å². The Morgan fingerprint density at radius 1 is 1.10 bits per heavy atom. The van der Waals surface area contributed by atoms with Crippen molar-refractivity contribution in [1.82, 2.24) is 0 Å². The number of nitrogens with zero attached hydrogens (tertiary/aromatic N) is 1. The molecule has 2 atom stereocenters. The normalized spacial score (nSPS) is 25.3. The summed E-state index contributed by atoms with van der Waals surface area (Å²) in [4.78, 5) is 25.1. The lowest BCUT2D eigenvalue weighted by molar-refractivity contribution is -0.138. The number of aliphatic carboxylic acids is 1. The van der Waals surface area contributed by atoms with E-state index in [0.29, 0.717) is 12.0 Å². The number of hydrogen-bond donors (Lipinski definition) is 1. The van der Waals surface area contributed by atoms with E-state index in [9.17, 15) is 9.59 Å². The fourth-order valence-corrected chi connectivity index (χ4v) is 2.63. The first-order chi connectivity index (χ1) is 9.66. The second kappa shape index (κ2) is 5.25. The fraction of sp³-hybridized carbons (Fsp3) is 0.467. The molecule has 1 aromatic rings. The number of ether oxygens (including phenoxy) is 1. The molecule has 5 heteroatoms. The molecule has 106 valence electrons. The topological polar surface area (TPSA) is 66.8 Å². The van der Waals surface area contributed by atoms with E-state index in [1.54, 1.807) is 12.1 Å². The summed E-state index contributed by atoms with van der Waals surface area (Å²) in [5.41, 5.74) is 1.69. The molecule has 5 nitrogen and oxygen atoms in total. The van der Waals surface area contributed by atoms with E-state index in [0.717, 1.165) is 32.0 Å². The first-order valence-corrected chi connectivity index (χ1v) is 6.86. The van der Waals surface area contributed by atoms with Crippen molar-refractivity contribution in [2.24, 2.45) is 11.8 Å². The van der Waals surface area contributed by atoms with Crippen LogP contribution in [0.25, 0.3) is 0 Å². The highest BCUT2D eigenvalue weighted by atomic mass is 16.5. The van der Waals surface area contributed by atoms with Crippen molar-refractivity contribution in [2.75, 3.05) is 31.2 Å². The summed E-state index contributed by atoms with van der Waals surface area (Å²) in [5, 5.41) is 8.86. The fourth-order valence-electron chi connectivity index (χ4n) is 2.63. The summed E-state index contributed by atoms with van der Waals surface area (Å²) >= 11 is 0. The monoisotopic (exact) mass is 275 g/mol. The molecule has 2 fully saturated rings. The number of rotatable bonds is 4. The third-order valence-corrected chi connectivity index (χ3v) is 3.97. The number of hydrogen-bond acceptors (Lipinski definition) is 4. The molecule has 0 radical (unpaired) electrons. The molecule has 1 N–H and O–H groups in total. The Kier molecular flexibility index (Phi) is 3.44. The van der Waals surface area contributed by atoms with Gasteiger partial charge in [-0.05, 0) is 30.7 Å². The van der Waals surface area contributed by atoms with E-state index >= 15 is 0 Å². The number of carbonyl (C=O) groups is 2. The minimum Gasteiger partial charge on any atom is -0.481 e. The average Bonchev–Trinajstić information content (AvgIpc) is 3.28. The lowest BCUT2D eigenvalue weighted by Gasteiger charge is -2.28. The Morgan fingerprint density at radius 3 is 2.30 bits per heavy atom. The maximum Gasteiger partial charge on any atom is 0.307 e. The second-order valence-corrected chi connectivity index (χ2v) is 5.30. The van der Waals surface area contributed by atoms with Crippen LogP contribution in [-0.4, -0.2) is 43.2 Å². The van der Waals surface area contributed by atoms with Gasteiger partial charge in [-0.25, -0.2) is 0 Å². The molecule has 1 aliphatic carbocycles. The van der Waals surface area contributed by atoms with Gasteiger partial charge in [0.1, 0.15) is 0 Å². The second-order valence-electron chi connectivity index (χ2n) is 5.30. The van der Waals surface area contributed by atoms with Crippen LogP contribution in [0.4, 0.5) is 5.69 Å². The van der Waals surface area contributed by atoms with E-state index in [-0.39, 0.29) is 11.7 Å². The molecule has 1 aromatic carbocycles. The Balaban J connectivity index is 1.67. The molecule has 3 rings (SSSR count). The Morgan fingerprint density at radius 2 is 1.75 bits per heavy atom. The van der Waals surface area contributed by atoms with Crippen LogP contribution in [-0.2, 0) is 9.53 Å². The van der Waals surface area contributed by atoms with Crippen molar-refractivity contribution < 1.29 is 19.4 Å². The zero-order valence-corrected chi connectivity index (χ0v) is 11.1. The van der Waals surface area contributed by atoms with Crippen molar-refractivity contribution in [2.45, 2.75) is 6.42 Å². The summed E-state index contributed by atoms with van der Waals surface area (Å²) in [6.07, 6.45) is 0.472. The van der Waals surface area contributed by atoms with Crippen LogP contribution in [0.3, 0.4) is 0 Å². The molecule has 1 saturated carbocycles. The highest BCUT2D eigenvalue weighted by Gasteiger charge is 2.48. The predicted octanol–water partition coefficient (Wildman–Crippen LogP) is 1.43. The SMILES string of the molecule is O=C(O)C1CC1C(=O)c1ccc(N2CCOCC2)cc1. The van der Waals surface area contributed by atoms with Gasteiger partial charge in [-0.15, -0.1) is 0 Å². The maximum atomic E-state index is 12.1. The lowest BCUT2D eigenvalue weighted by atomic mass is 10.1. The molecule has 1 aliphatic heterocycles. The van der Waals surface area contributed by atoms with Gasteiger partial charge >= 0.3 is 5.97 Å². The highest BCUT2D eigenvalue weighted by Crippen LogP contribution is 2.41. The van der Waals surface area contributed by atoms with Gasteiger partial charge in [0.25, 0.3) is 0 Å². The Bertz CT molecular complexity index is 519. The zero-order valence-electron chi connectivity index (χ0n) is 11.1. The molecule has 1 heterocycles. The highest BCUT2D eigenvalue weighted by molar-refractivity contribution is 6.02. The third kappa shape index (κ3) is 2.54. The van der Waals surface area contributed by atoms with Crippen LogP contribution in [0.15, 0.2) is 24.3 Å². The van der Waals surface area contributed by atoms with E-state index in [4.69, 9.17) is 9.84 Å². The number of carboxylic acids is 1. The minimum absolute atomic E-state index is 0.0501. The maximum absolute atomic E-state index is 12.1. The number of carbonyl (C=O) groups excluding carboxylic acids is 1. The number of anilines is 1. The van der Waals surface area contributed by atoms with E-state index in [1.807, 2.05) is 12.1 Å². The average molecular weight is 275 g/mol. The van der Waals surface area contributed by atoms with Gasteiger partial charge in [-0.1, -0.05) is 0 Å². The summed E-state index contributed by atoms with van der Waals surface area (Å²) in [6.45, 7) is 3.17. The van der Waals surface area contributed by atoms with Gasteiger partial charge in [0.15, 0.2) is 5.78 Å². The number of Topliss-reactive ketones (excluding diaryl/α,β-unsaturated/α-hetero) is 1. The van der Waals surface area contributed by atoms with Crippen molar-refractivity contribution >= 4 is 17.4 Å². The van der Waals surface area contributed by atoms with Gasteiger partial charge in [-0.2, -0.15) is 0 Å². The lowest BCUT2D eigenvalue weighted by Crippen LogP contribution is -2.36. The van der Waals surface area contributed by atoms with Gasteiger partial charge in [0.05, 0.1) is 19.1 Å². The number of ketones is 1. The first kappa shape index (κ1) is 13.1. The number of benzene rings is 1. The van der Waals surface area contributed by atoms with E-state index < -0.39 is 11.9 Å². The number of morpholine rings is 1. The van der Waals surface area contributed by atoms with Crippen molar-refractivity contribution in [3.8, 4) is 0 Å². The van der Waals surface area contributed by atoms with Crippen molar-refractivity contribution in [3.05, 3.63) is 29.8 Å². The Labute approximate surface area is 117 Å². The van der Waals surface area contributed by atoms with Crippen LogP contribution in [0.5, 0.6) is 0 Å². The predicted molar refractivity (Wildman–Crippen MR) is 73.0 cm³/mol. The molecule has 2 unspecified atom stereocenters. The molecule has 2 aliphatic rings. The molecule has 0 amide bonds. The largest absolute Gasteiger partial charge is 0.481 e. The summed E-state index contributed by atoms with van der Waals surface area (Å²) < 4.78 is 5.31. The van der Waals surface area contributed by atoms with Crippen molar-refractivity contribution in [3.63, 3.8) is 0 Å².